The van der Waals surface area contributed by atoms with Crippen molar-refractivity contribution >= 4 is 27.6 Å². The number of amides is 1. The van der Waals surface area contributed by atoms with Gasteiger partial charge in [-0.25, -0.2) is 13.4 Å². The third kappa shape index (κ3) is 5.21. The van der Waals surface area contributed by atoms with Gasteiger partial charge in [0.2, 0.25) is 15.9 Å². The van der Waals surface area contributed by atoms with Gasteiger partial charge in [0.1, 0.15) is 23.0 Å². The summed E-state index contributed by atoms with van der Waals surface area (Å²) in [6.07, 6.45) is 4.98. The molecule has 1 aromatic heterocycles. The number of ether oxygens (including phenoxy) is 2. The number of anilines is 1. The van der Waals surface area contributed by atoms with Gasteiger partial charge >= 0.3 is 0 Å². The van der Waals surface area contributed by atoms with Crippen molar-refractivity contribution in [3.8, 4) is 0 Å². The topological polar surface area (TPSA) is 135 Å². The average Bonchev–Trinajstić information content (AvgIpc) is 3.46. The molecule has 10 nitrogen and oxygen atoms in total. The molecule has 0 radical (unpaired) electrons. The zero-order valence-electron chi connectivity index (χ0n) is 17.4. The molecule has 1 unspecified atom stereocenters. The van der Waals surface area contributed by atoms with E-state index in [4.69, 9.17) is 14.9 Å². The van der Waals surface area contributed by atoms with Crippen LogP contribution in [-0.2, 0) is 24.3 Å². The highest BCUT2D eigenvalue weighted by atomic mass is 32.2. The van der Waals surface area contributed by atoms with Gasteiger partial charge in [-0.05, 0) is 40.5 Å². The van der Waals surface area contributed by atoms with E-state index in [2.05, 4.69) is 14.7 Å². The van der Waals surface area contributed by atoms with Crippen molar-refractivity contribution in [3.63, 3.8) is 0 Å². The molecule has 1 saturated carbocycles. The molecule has 1 atom stereocenters. The maximum atomic E-state index is 12.7. The Morgan fingerprint density at radius 1 is 1.41 bits per heavy atom. The molecule has 1 aromatic rings. The molecule has 1 heterocycles. The van der Waals surface area contributed by atoms with Crippen LogP contribution < -0.4 is 4.72 Å². The maximum Gasteiger partial charge on any atom is 0.254 e. The number of hydrogen-bond acceptors (Lipinski definition) is 8. The lowest BCUT2D eigenvalue weighted by atomic mass is 10.1. The van der Waals surface area contributed by atoms with E-state index in [0.29, 0.717) is 19.4 Å². The van der Waals surface area contributed by atoms with Crippen LogP contribution in [0.25, 0.3) is 0 Å². The van der Waals surface area contributed by atoms with Crippen LogP contribution in [0.2, 0.25) is 0 Å². The Morgan fingerprint density at radius 2 is 2.07 bits per heavy atom. The molecule has 0 aliphatic heterocycles. The van der Waals surface area contributed by atoms with E-state index < -0.39 is 26.4 Å². The summed E-state index contributed by atoms with van der Waals surface area (Å²) in [6, 6.07) is -0.673. The molecular weight excluding hydrogens is 398 g/mol. The second kappa shape index (κ2) is 8.62. The molecule has 0 bridgehead atoms. The molecular formula is C18H29N5O5S. The summed E-state index contributed by atoms with van der Waals surface area (Å²) in [5.41, 5.74) is -1.03. The van der Waals surface area contributed by atoms with Gasteiger partial charge in [-0.3, -0.25) is 19.9 Å². The summed E-state index contributed by atoms with van der Waals surface area (Å²) in [5.74, 6) is -0.349. The number of nitrogens with one attached hydrogen (secondary N) is 2. The first-order chi connectivity index (χ1) is 13.5. The Morgan fingerprint density at radius 3 is 2.59 bits per heavy atom. The molecule has 29 heavy (non-hydrogen) atoms. The maximum absolute atomic E-state index is 12.7. The van der Waals surface area contributed by atoms with Crippen LogP contribution in [0.4, 0.5) is 5.82 Å². The number of sulfonamides is 1. The van der Waals surface area contributed by atoms with Gasteiger partial charge in [0, 0.05) is 26.0 Å². The molecule has 1 amide bonds. The van der Waals surface area contributed by atoms with Crippen molar-refractivity contribution < 1.29 is 22.7 Å². The van der Waals surface area contributed by atoms with Gasteiger partial charge in [-0.15, -0.1) is 0 Å². The van der Waals surface area contributed by atoms with Crippen LogP contribution >= 0.6 is 0 Å². The zero-order valence-corrected chi connectivity index (χ0v) is 18.2. The van der Waals surface area contributed by atoms with E-state index in [1.807, 2.05) is 0 Å². The van der Waals surface area contributed by atoms with Crippen LogP contribution in [0.15, 0.2) is 18.6 Å². The Bertz CT molecular complexity index is 839. The third-order valence-electron chi connectivity index (χ3n) is 4.97. The monoisotopic (exact) mass is 427 g/mol. The number of rotatable bonds is 10. The fourth-order valence-electron chi connectivity index (χ4n) is 2.76. The van der Waals surface area contributed by atoms with Gasteiger partial charge < -0.3 is 14.4 Å². The highest BCUT2D eigenvalue weighted by Crippen LogP contribution is 2.44. The van der Waals surface area contributed by atoms with E-state index in [1.165, 1.54) is 23.5 Å². The first kappa shape index (κ1) is 23.0. The van der Waals surface area contributed by atoms with Crippen LogP contribution in [-0.4, -0.2) is 71.7 Å². The van der Waals surface area contributed by atoms with Gasteiger partial charge in [-0.1, -0.05) is 0 Å². The molecule has 1 fully saturated rings. The van der Waals surface area contributed by atoms with Crippen molar-refractivity contribution in [3.05, 3.63) is 18.6 Å². The van der Waals surface area contributed by atoms with E-state index >= 15 is 0 Å². The number of likely N-dealkylation sites (N-methyl/N-ethyl adjacent to an activating group) is 1. The molecule has 0 spiro atoms. The fraction of sp³-hybridized carbons (Fsp3) is 0.667. The lowest BCUT2D eigenvalue weighted by Gasteiger charge is -2.33. The molecule has 2 N–H and O–H groups in total. The molecule has 11 heteroatoms. The lowest BCUT2D eigenvalue weighted by Crippen LogP contribution is -2.51. The molecule has 1 aliphatic carbocycles. The van der Waals surface area contributed by atoms with Crippen molar-refractivity contribution in [2.45, 2.75) is 56.9 Å². The fourth-order valence-corrected chi connectivity index (χ4v) is 4.21. The smallest absolute Gasteiger partial charge is 0.254 e. The number of hydrogen-bond donors (Lipinski definition) is 2. The lowest BCUT2D eigenvalue weighted by molar-refractivity contribution is -0.153. The van der Waals surface area contributed by atoms with Crippen LogP contribution in [0.5, 0.6) is 0 Å². The number of aromatic nitrogens is 2. The summed E-state index contributed by atoms with van der Waals surface area (Å²) < 4.78 is 37.7. The quantitative estimate of drug-likeness (QED) is 0.426. The van der Waals surface area contributed by atoms with Crippen LogP contribution in [0.1, 0.15) is 40.5 Å². The first-order valence-corrected chi connectivity index (χ1v) is 10.8. The van der Waals surface area contributed by atoms with Crippen molar-refractivity contribution in [2.75, 3.05) is 25.0 Å². The van der Waals surface area contributed by atoms with E-state index in [0.717, 1.165) is 0 Å². The Balaban J connectivity index is 1.98. The Kier molecular flexibility index (Phi) is 6.84. The van der Waals surface area contributed by atoms with Gasteiger partial charge in [-0.2, -0.15) is 0 Å². The summed E-state index contributed by atoms with van der Waals surface area (Å²) in [4.78, 5) is 21.7. The largest absolute Gasteiger partial charge is 0.478 e. The van der Waals surface area contributed by atoms with Crippen molar-refractivity contribution in [1.82, 2.24) is 14.9 Å². The molecule has 2 rings (SSSR count). The highest BCUT2D eigenvalue weighted by Gasteiger charge is 2.56. The second-order valence-corrected chi connectivity index (χ2v) is 9.64. The van der Waals surface area contributed by atoms with Gasteiger partial charge in [0.25, 0.3) is 5.91 Å². The zero-order chi connectivity index (χ0) is 21.9. The summed E-state index contributed by atoms with van der Waals surface area (Å²) in [6.45, 7) is 6.98. The minimum atomic E-state index is -3.77. The molecule has 0 aromatic carbocycles. The highest BCUT2D eigenvalue weighted by molar-refractivity contribution is 7.94. The van der Waals surface area contributed by atoms with Gasteiger partial charge in [0.05, 0.1) is 6.20 Å². The van der Waals surface area contributed by atoms with Crippen molar-refractivity contribution in [2.24, 2.45) is 0 Å². The van der Waals surface area contributed by atoms with Crippen molar-refractivity contribution in [1.29, 1.82) is 5.41 Å². The van der Waals surface area contributed by atoms with Crippen LogP contribution in [0, 0.1) is 5.41 Å². The summed E-state index contributed by atoms with van der Waals surface area (Å²) in [7, 11) is -2.20. The standard InChI is InChI=1S/C18H29N5O5S/c1-6-28-17(3,4)16(24)23(5)13(2)15(19)27-12-18(7-8-18)29(25,26)22-14-11-20-9-10-21-14/h9-11,13,19H,6-8,12H2,1-5H3,(H,21,22). The van der Waals surface area contributed by atoms with E-state index in [9.17, 15) is 13.2 Å². The molecule has 162 valence electrons. The normalized spacial score (nSPS) is 16.6. The average molecular weight is 428 g/mol. The minimum absolute atomic E-state index is 0.130. The predicted molar refractivity (Wildman–Crippen MR) is 108 cm³/mol. The minimum Gasteiger partial charge on any atom is -0.478 e. The summed E-state index contributed by atoms with van der Waals surface area (Å²) in [5, 5.41) is 8.16. The number of carbonyl (C=O) groups is 1. The predicted octanol–water partition coefficient (Wildman–Crippen LogP) is 1.41. The summed E-state index contributed by atoms with van der Waals surface area (Å²) >= 11 is 0. The van der Waals surface area contributed by atoms with Crippen LogP contribution in [0.3, 0.4) is 0 Å². The first-order valence-electron chi connectivity index (χ1n) is 9.36. The van der Waals surface area contributed by atoms with Gasteiger partial charge in [0.15, 0.2) is 5.82 Å². The van der Waals surface area contributed by atoms with E-state index in [-0.39, 0.29) is 24.2 Å². The molecule has 0 saturated heterocycles. The number of nitrogens with zero attached hydrogens (tertiary/aromatic N) is 3. The Labute approximate surface area is 171 Å². The third-order valence-corrected chi connectivity index (χ3v) is 7.12. The SMILES string of the molecule is CCOC(C)(C)C(=O)N(C)C(C)C(=N)OCC1(S(=O)(=O)Nc2cnccn2)CC1. The molecule has 1 aliphatic rings. The second-order valence-electron chi connectivity index (χ2n) is 7.57. The van der Waals surface area contributed by atoms with E-state index in [1.54, 1.807) is 34.7 Å². The Hall–Kier alpha value is -2.27. The number of carbonyl (C=O) groups excluding carboxylic acids is 1.